The maximum absolute atomic E-state index is 13.7. The summed E-state index contributed by atoms with van der Waals surface area (Å²) >= 11 is 6.61. The lowest BCUT2D eigenvalue weighted by atomic mass is 10.2. The second-order valence-corrected chi connectivity index (χ2v) is 9.03. The van der Waals surface area contributed by atoms with Crippen molar-refractivity contribution in [1.82, 2.24) is 0 Å². The Hall–Kier alpha value is -3.38. The van der Waals surface area contributed by atoms with Crippen LogP contribution in [0.2, 0.25) is 0 Å². The van der Waals surface area contributed by atoms with Crippen LogP contribution in [0.1, 0.15) is 5.76 Å². The van der Waals surface area contributed by atoms with E-state index in [2.05, 4.69) is 37.2 Å². The van der Waals surface area contributed by atoms with Crippen molar-refractivity contribution in [2.24, 2.45) is 0 Å². The summed E-state index contributed by atoms with van der Waals surface area (Å²) in [6.07, 6.45) is -5.07. The highest BCUT2D eigenvalue weighted by atomic mass is 79.9. The van der Waals surface area contributed by atoms with Gasteiger partial charge in [0.1, 0.15) is 22.9 Å². The molecule has 0 aliphatic rings. The van der Waals surface area contributed by atoms with Gasteiger partial charge < -0.3 is 19.2 Å². The van der Waals surface area contributed by atoms with Crippen LogP contribution in [0.15, 0.2) is 78.8 Å². The van der Waals surface area contributed by atoms with Gasteiger partial charge in [0, 0.05) is 15.0 Å². The maximum Gasteiger partial charge on any atom is 0.453 e. The van der Waals surface area contributed by atoms with Gasteiger partial charge in [0.05, 0.1) is 11.1 Å². The predicted molar refractivity (Wildman–Crippen MR) is 130 cm³/mol. The fourth-order valence-electron chi connectivity index (χ4n) is 3.07. The van der Waals surface area contributed by atoms with Gasteiger partial charge in [0.15, 0.2) is 6.61 Å². The number of carbonyl (C=O) groups is 1. The Kier molecular flexibility index (Phi) is 7.36. The standard InChI is InChI=1S/C24H13Br2F4NO5/c25-12-1-8-18(17(26)9-12)31-20(32)11-34-15-6-7-16-19(10-15)36-23(24(28,29)30)22(21(16)33)35-14-4-2-13(27)3-5-14/h1-10H,11H2,(H,31,32). The number of nitrogens with one attached hydrogen (secondary N) is 1. The summed E-state index contributed by atoms with van der Waals surface area (Å²) < 4.78 is 71.1. The Labute approximate surface area is 217 Å². The second kappa shape index (κ2) is 10.3. The van der Waals surface area contributed by atoms with Crippen molar-refractivity contribution >= 4 is 54.4 Å². The van der Waals surface area contributed by atoms with E-state index >= 15 is 0 Å². The molecule has 1 amide bonds. The average Bonchev–Trinajstić information content (AvgIpc) is 2.81. The van der Waals surface area contributed by atoms with Crippen LogP contribution < -0.4 is 20.2 Å². The summed E-state index contributed by atoms with van der Waals surface area (Å²) in [5, 5.41) is 2.41. The smallest absolute Gasteiger partial charge is 0.453 e. The summed E-state index contributed by atoms with van der Waals surface area (Å²) in [6, 6.07) is 12.8. The van der Waals surface area contributed by atoms with Crippen LogP contribution >= 0.6 is 31.9 Å². The lowest BCUT2D eigenvalue weighted by Gasteiger charge is -2.14. The Morgan fingerprint density at radius 2 is 1.67 bits per heavy atom. The summed E-state index contributed by atoms with van der Waals surface area (Å²) in [7, 11) is 0. The molecule has 0 bridgehead atoms. The van der Waals surface area contributed by atoms with E-state index in [1.54, 1.807) is 18.2 Å². The molecule has 4 rings (SSSR count). The minimum atomic E-state index is -5.07. The highest BCUT2D eigenvalue weighted by Gasteiger charge is 2.40. The third kappa shape index (κ3) is 5.88. The largest absolute Gasteiger partial charge is 0.484 e. The van der Waals surface area contributed by atoms with E-state index in [1.807, 2.05) is 0 Å². The molecule has 36 heavy (non-hydrogen) atoms. The van der Waals surface area contributed by atoms with Gasteiger partial charge in [-0.15, -0.1) is 0 Å². The molecule has 186 valence electrons. The van der Waals surface area contributed by atoms with Crippen molar-refractivity contribution in [2.45, 2.75) is 6.18 Å². The Morgan fingerprint density at radius 3 is 2.33 bits per heavy atom. The summed E-state index contributed by atoms with van der Waals surface area (Å²) in [5.74, 6) is -4.10. The lowest BCUT2D eigenvalue weighted by Crippen LogP contribution is -2.20. The molecule has 6 nitrogen and oxygen atoms in total. The molecule has 1 heterocycles. The van der Waals surface area contributed by atoms with Crippen molar-refractivity contribution in [1.29, 1.82) is 0 Å². The molecule has 0 spiro atoms. The summed E-state index contributed by atoms with van der Waals surface area (Å²) in [5.41, 5.74) is -1.02. The van der Waals surface area contributed by atoms with E-state index in [1.165, 1.54) is 12.1 Å². The summed E-state index contributed by atoms with van der Waals surface area (Å²) in [6.45, 7) is -0.462. The molecule has 0 aliphatic heterocycles. The molecule has 0 fully saturated rings. The van der Waals surface area contributed by atoms with Crippen molar-refractivity contribution in [3.63, 3.8) is 0 Å². The SMILES string of the molecule is O=C(COc1ccc2c(=O)c(Oc3ccc(F)cc3)c(C(F)(F)F)oc2c1)Nc1ccc(Br)cc1Br. The van der Waals surface area contributed by atoms with Gasteiger partial charge in [-0.05, 0) is 70.5 Å². The molecule has 0 radical (unpaired) electrons. The van der Waals surface area contributed by atoms with Crippen molar-refractivity contribution in [3.8, 4) is 17.2 Å². The molecule has 1 N–H and O–H groups in total. The third-order valence-electron chi connectivity index (χ3n) is 4.69. The molecule has 1 aromatic heterocycles. The van der Waals surface area contributed by atoms with E-state index < -0.39 is 47.0 Å². The number of halogens is 6. The van der Waals surface area contributed by atoms with E-state index in [-0.39, 0.29) is 16.9 Å². The number of anilines is 1. The fourth-order valence-corrected chi connectivity index (χ4v) is 4.22. The predicted octanol–water partition coefficient (Wildman–Crippen LogP) is 7.29. The fraction of sp³-hybridized carbons (Fsp3) is 0.0833. The van der Waals surface area contributed by atoms with Crippen LogP contribution in [0, 0.1) is 5.82 Å². The van der Waals surface area contributed by atoms with Crippen LogP contribution in [0.5, 0.6) is 17.2 Å². The Bertz CT molecular complexity index is 1500. The molecule has 4 aromatic rings. The first-order chi connectivity index (χ1) is 17.0. The van der Waals surface area contributed by atoms with Gasteiger partial charge in [-0.25, -0.2) is 4.39 Å². The van der Waals surface area contributed by atoms with Gasteiger partial charge in [0.2, 0.25) is 11.2 Å². The van der Waals surface area contributed by atoms with Crippen LogP contribution in [0.3, 0.4) is 0 Å². The van der Waals surface area contributed by atoms with E-state index in [0.717, 1.165) is 34.8 Å². The van der Waals surface area contributed by atoms with Crippen molar-refractivity contribution in [2.75, 3.05) is 11.9 Å². The number of alkyl halides is 3. The van der Waals surface area contributed by atoms with Crippen molar-refractivity contribution < 1.29 is 36.2 Å². The zero-order chi connectivity index (χ0) is 26.0. The minimum Gasteiger partial charge on any atom is -0.484 e. The third-order valence-corrected chi connectivity index (χ3v) is 5.84. The molecule has 0 atom stereocenters. The molecule has 0 saturated heterocycles. The van der Waals surface area contributed by atoms with E-state index in [9.17, 15) is 27.2 Å². The molecule has 0 aliphatic carbocycles. The monoisotopic (exact) mass is 629 g/mol. The molecule has 12 heteroatoms. The topological polar surface area (TPSA) is 77.8 Å². The average molecular weight is 631 g/mol. The molecule has 0 unspecified atom stereocenters. The minimum absolute atomic E-state index is 0.00370. The number of rotatable bonds is 6. The van der Waals surface area contributed by atoms with Gasteiger partial charge in [-0.2, -0.15) is 13.2 Å². The number of hydrogen-bond acceptors (Lipinski definition) is 5. The van der Waals surface area contributed by atoms with Gasteiger partial charge in [0.25, 0.3) is 11.7 Å². The zero-order valence-corrected chi connectivity index (χ0v) is 21.0. The van der Waals surface area contributed by atoms with Crippen LogP contribution in [0.25, 0.3) is 11.0 Å². The van der Waals surface area contributed by atoms with E-state index in [4.69, 9.17) is 13.9 Å². The molecular formula is C24H13Br2F4NO5. The first-order valence-corrected chi connectivity index (χ1v) is 11.6. The summed E-state index contributed by atoms with van der Waals surface area (Å²) in [4.78, 5) is 25.1. The first-order valence-electron chi connectivity index (χ1n) is 10.0. The maximum atomic E-state index is 13.7. The Morgan fingerprint density at radius 1 is 0.972 bits per heavy atom. The van der Waals surface area contributed by atoms with Crippen LogP contribution in [-0.4, -0.2) is 12.5 Å². The number of carbonyl (C=O) groups excluding carboxylic acids is 1. The van der Waals surface area contributed by atoms with Crippen molar-refractivity contribution in [3.05, 3.63) is 91.4 Å². The molecule has 0 saturated carbocycles. The van der Waals surface area contributed by atoms with Gasteiger partial charge in [-0.3, -0.25) is 9.59 Å². The normalized spacial score (nSPS) is 11.4. The van der Waals surface area contributed by atoms with Gasteiger partial charge >= 0.3 is 6.18 Å². The number of fused-ring (bicyclic) bond motifs is 1. The van der Waals surface area contributed by atoms with E-state index in [0.29, 0.717) is 10.2 Å². The first kappa shape index (κ1) is 25.7. The highest BCUT2D eigenvalue weighted by Crippen LogP contribution is 2.38. The highest BCUT2D eigenvalue weighted by molar-refractivity contribution is 9.11. The second-order valence-electron chi connectivity index (χ2n) is 7.26. The molecular weight excluding hydrogens is 618 g/mol. The Balaban J connectivity index is 1.59. The quantitative estimate of drug-likeness (QED) is 0.227. The number of ether oxygens (including phenoxy) is 2. The molecule has 3 aromatic carbocycles. The zero-order valence-electron chi connectivity index (χ0n) is 17.8. The number of amides is 1. The van der Waals surface area contributed by atoms with Crippen LogP contribution in [0.4, 0.5) is 23.2 Å². The lowest BCUT2D eigenvalue weighted by molar-refractivity contribution is -0.154. The van der Waals surface area contributed by atoms with Crippen LogP contribution in [-0.2, 0) is 11.0 Å². The number of hydrogen-bond donors (Lipinski definition) is 1. The number of benzene rings is 3. The van der Waals surface area contributed by atoms with Gasteiger partial charge in [-0.1, -0.05) is 15.9 Å².